The number of piperidine rings is 1. The highest BCUT2D eigenvalue weighted by Crippen LogP contribution is 2.32. The number of aromatic nitrogens is 2. The van der Waals surface area contributed by atoms with E-state index in [9.17, 15) is 4.79 Å². The van der Waals surface area contributed by atoms with E-state index in [1.807, 2.05) is 24.1 Å². The number of carbonyl (C=O) groups excluding carboxylic acids is 1. The van der Waals surface area contributed by atoms with E-state index < -0.39 is 0 Å². The van der Waals surface area contributed by atoms with E-state index in [4.69, 9.17) is 11.6 Å². The van der Waals surface area contributed by atoms with Gasteiger partial charge >= 0.3 is 0 Å². The number of nitrogens with zero attached hydrogens (tertiary/aromatic N) is 4. The van der Waals surface area contributed by atoms with E-state index >= 15 is 0 Å². The average molecular weight is 374 g/mol. The van der Waals surface area contributed by atoms with Gasteiger partial charge in [-0.05, 0) is 30.9 Å². The molecule has 26 heavy (non-hydrogen) atoms. The largest absolute Gasteiger partial charge is 0.368 e. The van der Waals surface area contributed by atoms with Gasteiger partial charge in [-0.3, -0.25) is 14.8 Å². The van der Waals surface area contributed by atoms with Crippen LogP contribution in [0.3, 0.4) is 0 Å². The van der Waals surface area contributed by atoms with Gasteiger partial charge in [0.25, 0.3) is 0 Å². The van der Waals surface area contributed by atoms with Crippen molar-refractivity contribution < 1.29 is 4.79 Å². The molecule has 3 atom stereocenters. The first kappa shape index (κ1) is 17.5. The molecule has 1 unspecified atom stereocenters. The predicted octanol–water partition coefficient (Wildman–Crippen LogP) is 2.32. The summed E-state index contributed by atoms with van der Waals surface area (Å²) in [6.45, 7) is 4.91. The summed E-state index contributed by atoms with van der Waals surface area (Å²) in [6, 6.07) is 4.15. The molecule has 0 radical (unpaired) electrons. The van der Waals surface area contributed by atoms with Gasteiger partial charge in [0.05, 0.1) is 16.8 Å². The highest BCUT2D eigenvalue weighted by Gasteiger charge is 2.33. The van der Waals surface area contributed by atoms with Crippen molar-refractivity contribution in [1.82, 2.24) is 20.2 Å². The van der Waals surface area contributed by atoms with Gasteiger partial charge in [-0.2, -0.15) is 0 Å². The molecule has 3 heterocycles. The average Bonchev–Trinajstić information content (AvgIpc) is 2.94. The first-order valence-corrected chi connectivity index (χ1v) is 9.56. The molecule has 0 saturated carbocycles. The summed E-state index contributed by atoms with van der Waals surface area (Å²) < 4.78 is 0. The normalized spacial score (nSPS) is 26.7. The Hall–Kier alpha value is -1.92. The van der Waals surface area contributed by atoms with Gasteiger partial charge in [0.15, 0.2) is 0 Å². The Kier molecular flexibility index (Phi) is 4.71. The number of anilines is 1. The van der Waals surface area contributed by atoms with E-state index in [0.717, 1.165) is 49.2 Å². The first-order chi connectivity index (χ1) is 12.5. The summed E-state index contributed by atoms with van der Waals surface area (Å²) in [5.41, 5.74) is 2.64. The lowest BCUT2D eigenvalue weighted by Crippen LogP contribution is -2.53. The maximum atomic E-state index is 12.2. The van der Waals surface area contributed by atoms with Crippen molar-refractivity contribution in [3.8, 4) is 0 Å². The van der Waals surface area contributed by atoms with Gasteiger partial charge in [0, 0.05) is 45.1 Å². The molecule has 1 amide bonds. The molecule has 7 heteroatoms. The van der Waals surface area contributed by atoms with E-state index in [-0.39, 0.29) is 18.0 Å². The van der Waals surface area contributed by atoms with Crippen LogP contribution < -0.4 is 10.2 Å². The fraction of sp³-hybridized carbons (Fsp3) is 0.526. The smallest absolute Gasteiger partial charge is 0.239 e. The Morgan fingerprint density at radius 3 is 2.69 bits per heavy atom. The maximum absolute atomic E-state index is 12.2. The van der Waals surface area contributed by atoms with Crippen molar-refractivity contribution in [2.24, 2.45) is 5.92 Å². The lowest BCUT2D eigenvalue weighted by molar-refractivity contribution is -0.128. The lowest BCUT2D eigenvalue weighted by atomic mass is 9.94. The van der Waals surface area contributed by atoms with Crippen LogP contribution in [0, 0.1) is 5.92 Å². The summed E-state index contributed by atoms with van der Waals surface area (Å²) in [4.78, 5) is 25.3. The molecular formula is C19H24ClN5O. The topological polar surface area (TPSA) is 61.4 Å². The second kappa shape index (κ2) is 7.00. The number of likely N-dealkylation sites (tertiary alicyclic amines) is 1. The second-order valence-corrected chi connectivity index (χ2v) is 7.94. The lowest BCUT2D eigenvalue weighted by Gasteiger charge is -2.39. The summed E-state index contributed by atoms with van der Waals surface area (Å²) >= 11 is 6.29. The van der Waals surface area contributed by atoms with Gasteiger partial charge in [0.1, 0.15) is 11.0 Å². The quantitative estimate of drug-likeness (QED) is 0.894. The van der Waals surface area contributed by atoms with Crippen LogP contribution in [0.5, 0.6) is 0 Å². The number of hydrogen-bond acceptors (Lipinski definition) is 5. The Bertz CT molecular complexity index is 829. The number of likely N-dealkylation sites (N-methyl/N-ethyl adjacent to an activating group) is 1. The predicted molar refractivity (Wildman–Crippen MR) is 104 cm³/mol. The van der Waals surface area contributed by atoms with Crippen molar-refractivity contribution in [2.45, 2.75) is 31.8 Å². The van der Waals surface area contributed by atoms with E-state index in [1.54, 1.807) is 12.4 Å². The summed E-state index contributed by atoms with van der Waals surface area (Å²) in [5.74, 6) is 0.732. The molecule has 4 rings (SSSR count). The second-order valence-electron chi connectivity index (χ2n) is 7.53. The van der Waals surface area contributed by atoms with Gasteiger partial charge in [0.2, 0.25) is 5.91 Å². The van der Waals surface area contributed by atoms with E-state index in [2.05, 4.69) is 27.1 Å². The van der Waals surface area contributed by atoms with Crippen LogP contribution in [0.4, 0.5) is 5.69 Å². The van der Waals surface area contributed by atoms with Crippen LogP contribution in [0.1, 0.15) is 19.8 Å². The van der Waals surface area contributed by atoms with E-state index in [0.29, 0.717) is 10.9 Å². The fourth-order valence-electron chi connectivity index (χ4n) is 4.20. The number of hydrogen-bond donors (Lipinski definition) is 1. The zero-order chi connectivity index (χ0) is 18.3. The minimum absolute atomic E-state index is 0.0566. The zero-order valence-corrected chi connectivity index (χ0v) is 15.9. The van der Waals surface area contributed by atoms with E-state index in [1.165, 1.54) is 0 Å². The molecule has 2 aromatic rings. The van der Waals surface area contributed by atoms with Gasteiger partial charge in [-0.25, -0.2) is 0 Å². The molecule has 2 aliphatic rings. The Morgan fingerprint density at radius 2 is 1.96 bits per heavy atom. The SMILES string of the molecule is C[C@H]1C[C@@H](NC2CCN(C)C2=O)CN(c2ccc(Cl)c3nccnc23)C1. The molecule has 1 N–H and O–H groups in total. The van der Waals surface area contributed by atoms with Crippen molar-refractivity contribution in [3.05, 3.63) is 29.5 Å². The van der Waals surface area contributed by atoms with Gasteiger partial charge in [-0.1, -0.05) is 18.5 Å². The van der Waals surface area contributed by atoms with Crippen molar-refractivity contribution in [1.29, 1.82) is 0 Å². The van der Waals surface area contributed by atoms with Crippen LogP contribution in [-0.4, -0.2) is 59.5 Å². The van der Waals surface area contributed by atoms with Gasteiger partial charge < -0.3 is 15.1 Å². The summed E-state index contributed by atoms with van der Waals surface area (Å²) in [7, 11) is 1.87. The monoisotopic (exact) mass is 373 g/mol. The number of halogens is 1. The molecule has 1 aromatic heterocycles. The molecular weight excluding hydrogens is 350 g/mol. The van der Waals surface area contributed by atoms with Crippen LogP contribution in [0.2, 0.25) is 5.02 Å². The standard InChI is InChI=1S/C19H24ClN5O/c1-12-9-13(23-15-5-8-24(2)19(15)26)11-25(10-12)16-4-3-14(20)17-18(16)22-7-6-21-17/h3-4,6-7,12-13,15,23H,5,8-11H2,1-2H3/t12-,13+,15?/m0/s1. The third kappa shape index (κ3) is 3.23. The fourth-order valence-corrected chi connectivity index (χ4v) is 4.40. The number of amides is 1. The Balaban J connectivity index is 1.58. The molecule has 2 saturated heterocycles. The Morgan fingerprint density at radius 1 is 1.19 bits per heavy atom. The third-order valence-corrected chi connectivity index (χ3v) is 5.72. The number of carbonyl (C=O) groups is 1. The highest BCUT2D eigenvalue weighted by molar-refractivity contribution is 6.35. The minimum Gasteiger partial charge on any atom is -0.368 e. The van der Waals surface area contributed by atoms with Crippen LogP contribution in [-0.2, 0) is 4.79 Å². The molecule has 138 valence electrons. The molecule has 1 aromatic carbocycles. The highest BCUT2D eigenvalue weighted by atomic mass is 35.5. The van der Waals surface area contributed by atoms with Crippen LogP contribution >= 0.6 is 11.6 Å². The maximum Gasteiger partial charge on any atom is 0.239 e. The van der Waals surface area contributed by atoms with Crippen molar-refractivity contribution >= 4 is 34.2 Å². The van der Waals surface area contributed by atoms with Crippen LogP contribution in [0.25, 0.3) is 11.0 Å². The molecule has 0 bridgehead atoms. The molecule has 2 aliphatic heterocycles. The first-order valence-electron chi connectivity index (χ1n) is 9.18. The number of fused-ring (bicyclic) bond motifs is 1. The van der Waals surface area contributed by atoms with Crippen molar-refractivity contribution in [3.63, 3.8) is 0 Å². The summed E-state index contributed by atoms with van der Waals surface area (Å²) in [5, 5.41) is 4.21. The number of benzene rings is 1. The number of nitrogens with one attached hydrogen (secondary N) is 1. The Labute approximate surface area is 158 Å². The molecule has 2 fully saturated rings. The zero-order valence-electron chi connectivity index (χ0n) is 15.2. The van der Waals surface area contributed by atoms with Crippen LogP contribution in [0.15, 0.2) is 24.5 Å². The molecule has 0 aliphatic carbocycles. The van der Waals surface area contributed by atoms with Crippen molar-refractivity contribution in [2.75, 3.05) is 31.6 Å². The molecule has 6 nitrogen and oxygen atoms in total. The minimum atomic E-state index is -0.0566. The molecule has 0 spiro atoms. The van der Waals surface area contributed by atoms with Gasteiger partial charge in [-0.15, -0.1) is 0 Å². The third-order valence-electron chi connectivity index (χ3n) is 5.42. The summed E-state index contributed by atoms with van der Waals surface area (Å²) in [6.07, 6.45) is 5.33. The number of rotatable bonds is 3.